The third kappa shape index (κ3) is 1.66. The van der Waals surface area contributed by atoms with E-state index in [-0.39, 0.29) is 23.6 Å². The van der Waals surface area contributed by atoms with E-state index in [0.717, 1.165) is 24.1 Å². The molecule has 0 spiro atoms. The van der Waals surface area contributed by atoms with Crippen molar-refractivity contribution in [1.29, 1.82) is 0 Å². The average molecular weight is 246 g/mol. The van der Waals surface area contributed by atoms with Crippen LogP contribution in [0.4, 0.5) is 11.4 Å². The number of carbonyl (C=O) groups excluding carboxylic acids is 1. The van der Waals surface area contributed by atoms with Gasteiger partial charge in [-0.25, -0.2) is 0 Å². The fourth-order valence-electron chi connectivity index (χ4n) is 2.59. The molecule has 94 valence electrons. The van der Waals surface area contributed by atoms with Crippen molar-refractivity contribution in [2.75, 3.05) is 4.90 Å². The summed E-state index contributed by atoms with van der Waals surface area (Å²) < 4.78 is 0. The molecule has 1 amide bonds. The predicted molar refractivity (Wildman–Crippen MR) is 66.5 cm³/mol. The Morgan fingerprint density at radius 2 is 2.17 bits per heavy atom. The number of benzene rings is 1. The second-order valence-corrected chi connectivity index (χ2v) is 5.11. The molecule has 2 aliphatic rings. The van der Waals surface area contributed by atoms with Crippen LogP contribution in [0.15, 0.2) is 18.2 Å². The standard InChI is InChI=1S/C13H14N2O3/c1-8-6-10-7-11(15(17)18)4-5-12(10)14(8)13(16)9-2-3-9/h4-5,7-9H,2-3,6H2,1H3. The number of fused-ring (bicyclic) bond motifs is 1. The normalized spacial score (nSPS) is 21.8. The van der Waals surface area contributed by atoms with E-state index in [1.807, 2.05) is 11.8 Å². The van der Waals surface area contributed by atoms with E-state index in [9.17, 15) is 14.9 Å². The molecule has 5 nitrogen and oxygen atoms in total. The van der Waals surface area contributed by atoms with Crippen LogP contribution in [0.5, 0.6) is 0 Å². The summed E-state index contributed by atoms with van der Waals surface area (Å²) in [6.45, 7) is 1.99. The van der Waals surface area contributed by atoms with Crippen LogP contribution in [0.1, 0.15) is 25.3 Å². The number of amides is 1. The van der Waals surface area contributed by atoms with E-state index < -0.39 is 4.92 Å². The van der Waals surface area contributed by atoms with Gasteiger partial charge in [0.2, 0.25) is 5.91 Å². The van der Waals surface area contributed by atoms with Gasteiger partial charge in [-0.15, -0.1) is 0 Å². The molecule has 0 N–H and O–H groups in total. The maximum absolute atomic E-state index is 12.2. The molecule has 18 heavy (non-hydrogen) atoms. The molecule has 3 rings (SSSR count). The van der Waals surface area contributed by atoms with Crippen LogP contribution in [-0.4, -0.2) is 16.9 Å². The van der Waals surface area contributed by atoms with Crippen molar-refractivity contribution in [1.82, 2.24) is 0 Å². The highest BCUT2D eigenvalue weighted by Gasteiger charge is 2.39. The first kappa shape index (κ1) is 11.2. The summed E-state index contributed by atoms with van der Waals surface area (Å²) in [5.74, 6) is 0.351. The van der Waals surface area contributed by atoms with Crippen molar-refractivity contribution in [3.05, 3.63) is 33.9 Å². The summed E-state index contributed by atoms with van der Waals surface area (Å²) in [4.78, 5) is 24.4. The van der Waals surface area contributed by atoms with E-state index in [1.165, 1.54) is 6.07 Å². The lowest BCUT2D eigenvalue weighted by Crippen LogP contribution is -2.36. The van der Waals surface area contributed by atoms with Gasteiger partial charge in [-0.1, -0.05) is 0 Å². The van der Waals surface area contributed by atoms with Crippen molar-refractivity contribution >= 4 is 17.3 Å². The lowest BCUT2D eigenvalue weighted by atomic mass is 10.1. The van der Waals surface area contributed by atoms with Gasteiger partial charge in [-0.05, 0) is 37.8 Å². The Hall–Kier alpha value is -1.91. The maximum atomic E-state index is 12.2. The minimum absolute atomic E-state index is 0.0988. The Morgan fingerprint density at radius 3 is 2.78 bits per heavy atom. The predicted octanol–water partition coefficient (Wildman–Crippen LogP) is 2.28. The van der Waals surface area contributed by atoms with Gasteiger partial charge in [-0.3, -0.25) is 14.9 Å². The number of rotatable bonds is 2. The van der Waals surface area contributed by atoms with Crippen molar-refractivity contribution in [3.8, 4) is 0 Å². The molecule has 0 bridgehead atoms. The van der Waals surface area contributed by atoms with Gasteiger partial charge in [0.05, 0.1) is 4.92 Å². The molecule has 0 aromatic heterocycles. The summed E-state index contributed by atoms with van der Waals surface area (Å²) in [5, 5.41) is 10.7. The zero-order valence-electron chi connectivity index (χ0n) is 10.1. The van der Waals surface area contributed by atoms with Crippen molar-refractivity contribution < 1.29 is 9.72 Å². The van der Waals surface area contributed by atoms with Gasteiger partial charge in [0.1, 0.15) is 0 Å². The van der Waals surface area contributed by atoms with Crippen LogP contribution < -0.4 is 4.90 Å². The zero-order chi connectivity index (χ0) is 12.9. The first-order valence-corrected chi connectivity index (χ1v) is 6.18. The van der Waals surface area contributed by atoms with E-state index in [4.69, 9.17) is 0 Å². The van der Waals surface area contributed by atoms with Crippen LogP contribution in [0.3, 0.4) is 0 Å². The smallest absolute Gasteiger partial charge is 0.269 e. The molecule has 5 heteroatoms. The van der Waals surface area contributed by atoms with Crippen molar-refractivity contribution in [3.63, 3.8) is 0 Å². The van der Waals surface area contributed by atoms with Gasteiger partial charge in [0.15, 0.2) is 0 Å². The minimum atomic E-state index is -0.393. The second-order valence-electron chi connectivity index (χ2n) is 5.11. The van der Waals surface area contributed by atoms with Crippen LogP contribution in [0, 0.1) is 16.0 Å². The van der Waals surface area contributed by atoms with Gasteiger partial charge in [-0.2, -0.15) is 0 Å². The number of hydrogen-bond acceptors (Lipinski definition) is 3. The lowest BCUT2D eigenvalue weighted by molar-refractivity contribution is -0.384. The van der Waals surface area contributed by atoms with Crippen LogP contribution in [0.25, 0.3) is 0 Å². The summed E-state index contributed by atoms with van der Waals surface area (Å²) >= 11 is 0. The summed E-state index contributed by atoms with van der Waals surface area (Å²) in [6.07, 6.45) is 2.66. The number of nitro benzene ring substituents is 1. The Bertz CT molecular complexity index is 537. The maximum Gasteiger partial charge on any atom is 0.269 e. The molecule has 1 heterocycles. The molecule has 1 aliphatic heterocycles. The fourth-order valence-corrected chi connectivity index (χ4v) is 2.59. The van der Waals surface area contributed by atoms with Crippen LogP contribution in [-0.2, 0) is 11.2 Å². The third-order valence-corrected chi connectivity index (χ3v) is 3.65. The average Bonchev–Trinajstić information content (AvgIpc) is 3.10. The molecular weight excluding hydrogens is 232 g/mol. The van der Waals surface area contributed by atoms with Gasteiger partial charge in [0, 0.05) is 29.8 Å². The second kappa shape index (κ2) is 3.80. The Labute approximate surface area is 105 Å². The summed E-state index contributed by atoms with van der Waals surface area (Å²) in [6, 6.07) is 4.88. The van der Waals surface area contributed by atoms with Crippen LogP contribution >= 0.6 is 0 Å². The van der Waals surface area contributed by atoms with Gasteiger partial charge >= 0.3 is 0 Å². The van der Waals surface area contributed by atoms with E-state index in [0.29, 0.717) is 6.42 Å². The Balaban J connectivity index is 1.97. The molecule has 1 saturated carbocycles. The molecule has 1 aliphatic carbocycles. The van der Waals surface area contributed by atoms with Crippen LogP contribution in [0.2, 0.25) is 0 Å². The van der Waals surface area contributed by atoms with E-state index in [2.05, 4.69) is 0 Å². The quantitative estimate of drug-likeness (QED) is 0.594. The topological polar surface area (TPSA) is 63.5 Å². The number of carbonyl (C=O) groups is 1. The molecule has 1 unspecified atom stereocenters. The lowest BCUT2D eigenvalue weighted by Gasteiger charge is -2.22. The highest BCUT2D eigenvalue weighted by Crippen LogP contribution is 2.39. The molecule has 1 fully saturated rings. The van der Waals surface area contributed by atoms with Gasteiger partial charge in [0.25, 0.3) is 5.69 Å². The molecular formula is C13H14N2O3. The molecule has 0 radical (unpaired) electrons. The minimum Gasteiger partial charge on any atom is -0.309 e. The molecule has 1 aromatic carbocycles. The SMILES string of the molecule is CC1Cc2cc([N+](=O)[O-])ccc2N1C(=O)C1CC1. The third-order valence-electron chi connectivity index (χ3n) is 3.65. The summed E-state index contributed by atoms with van der Waals surface area (Å²) in [5.41, 5.74) is 1.86. The van der Waals surface area contributed by atoms with Gasteiger partial charge < -0.3 is 4.90 Å². The number of non-ortho nitro benzene ring substituents is 1. The van der Waals surface area contributed by atoms with Crippen molar-refractivity contribution in [2.24, 2.45) is 5.92 Å². The molecule has 0 saturated heterocycles. The molecule has 1 atom stereocenters. The van der Waals surface area contributed by atoms with E-state index in [1.54, 1.807) is 12.1 Å². The number of nitrogens with zero attached hydrogens (tertiary/aromatic N) is 2. The molecule has 1 aromatic rings. The largest absolute Gasteiger partial charge is 0.309 e. The number of nitro groups is 1. The first-order chi connectivity index (χ1) is 8.58. The number of hydrogen-bond donors (Lipinski definition) is 0. The van der Waals surface area contributed by atoms with Crippen molar-refractivity contribution in [2.45, 2.75) is 32.2 Å². The highest BCUT2D eigenvalue weighted by molar-refractivity contribution is 5.99. The Morgan fingerprint density at radius 1 is 1.44 bits per heavy atom. The Kier molecular flexibility index (Phi) is 2.36. The van der Waals surface area contributed by atoms with E-state index >= 15 is 0 Å². The fraction of sp³-hybridized carbons (Fsp3) is 0.462. The highest BCUT2D eigenvalue weighted by atomic mass is 16.6. The number of anilines is 1. The first-order valence-electron chi connectivity index (χ1n) is 6.18. The zero-order valence-corrected chi connectivity index (χ0v) is 10.1. The summed E-state index contributed by atoms with van der Waals surface area (Å²) in [7, 11) is 0. The monoisotopic (exact) mass is 246 g/mol.